The van der Waals surface area contributed by atoms with E-state index in [1.807, 2.05) is 30.3 Å². The van der Waals surface area contributed by atoms with Gasteiger partial charge in [0, 0.05) is 37.4 Å². The fourth-order valence-corrected chi connectivity index (χ4v) is 4.63. The van der Waals surface area contributed by atoms with Crippen LogP contribution < -0.4 is 5.32 Å². The van der Waals surface area contributed by atoms with Gasteiger partial charge in [-0.1, -0.05) is 49.7 Å². The third-order valence-corrected chi connectivity index (χ3v) is 6.20. The molecule has 0 spiro atoms. The van der Waals surface area contributed by atoms with E-state index < -0.39 is 0 Å². The van der Waals surface area contributed by atoms with Crippen molar-refractivity contribution < 1.29 is 4.79 Å². The Morgan fingerprint density at radius 1 is 1.10 bits per heavy atom. The number of nitrogens with zero attached hydrogens (tertiary/aromatic N) is 2. The van der Waals surface area contributed by atoms with Crippen molar-refractivity contribution in [3.63, 3.8) is 0 Å². The number of aryl methyl sites for hydroxylation is 2. The predicted molar refractivity (Wildman–Crippen MR) is 126 cm³/mol. The van der Waals surface area contributed by atoms with Crippen molar-refractivity contribution in [2.45, 2.75) is 72.0 Å². The number of carbonyl (C=O) groups is 1. The molecule has 2 aromatic carbocycles. The summed E-state index contributed by atoms with van der Waals surface area (Å²) in [5, 5.41) is 3.17. The van der Waals surface area contributed by atoms with Crippen molar-refractivity contribution in [2.24, 2.45) is 0 Å². The lowest BCUT2D eigenvalue weighted by atomic mass is 10.00. The molecule has 0 saturated carbocycles. The topological polar surface area (TPSA) is 35.6 Å². The smallest absolute Gasteiger partial charge is 0.317 e. The minimum absolute atomic E-state index is 0.00362. The van der Waals surface area contributed by atoms with E-state index in [4.69, 9.17) is 0 Å². The molecule has 0 aliphatic carbocycles. The van der Waals surface area contributed by atoms with Crippen LogP contribution >= 0.6 is 0 Å². The molecule has 30 heavy (non-hydrogen) atoms. The molecule has 4 nitrogen and oxygen atoms in total. The summed E-state index contributed by atoms with van der Waals surface area (Å²) in [5.41, 5.74) is 4.38. The Morgan fingerprint density at radius 2 is 1.73 bits per heavy atom. The molecule has 1 saturated heterocycles. The number of urea groups is 1. The first kappa shape index (κ1) is 22.4. The Labute approximate surface area is 182 Å². The predicted octanol–water partition coefficient (Wildman–Crippen LogP) is 5.99. The molecule has 1 heterocycles. The van der Waals surface area contributed by atoms with Gasteiger partial charge in [-0.05, 0) is 68.9 Å². The molecule has 0 bridgehead atoms. The third kappa shape index (κ3) is 6.09. The normalized spacial score (nSPS) is 16.3. The summed E-state index contributed by atoms with van der Waals surface area (Å²) in [6.45, 7) is 11.5. The fourth-order valence-electron chi connectivity index (χ4n) is 4.63. The molecule has 1 aliphatic heterocycles. The molecule has 2 amide bonds. The highest BCUT2D eigenvalue weighted by Crippen LogP contribution is 2.23. The van der Waals surface area contributed by atoms with Crippen LogP contribution in [0.1, 0.15) is 56.2 Å². The largest absolute Gasteiger partial charge is 0.322 e. The Bertz CT molecular complexity index is 792. The average Bonchev–Trinajstić information content (AvgIpc) is 2.72. The van der Waals surface area contributed by atoms with Crippen molar-refractivity contribution >= 4 is 11.7 Å². The highest BCUT2D eigenvalue weighted by molar-refractivity contribution is 5.89. The van der Waals surface area contributed by atoms with Crippen LogP contribution in [0.5, 0.6) is 0 Å². The summed E-state index contributed by atoms with van der Waals surface area (Å²) in [6, 6.07) is 17.4. The highest BCUT2D eigenvalue weighted by atomic mass is 16.2. The van der Waals surface area contributed by atoms with E-state index in [0.29, 0.717) is 12.6 Å². The zero-order valence-corrected chi connectivity index (χ0v) is 19.0. The molecule has 1 fully saturated rings. The van der Waals surface area contributed by atoms with E-state index in [1.54, 1.807) is 0 Å². The van der Waals surface area contributed by atoms with Gasteiger partial charge in [0.1, 0.15) is 0 Å². The number of carbonyl (C=O) groups excluding carboxylic acids is 1. The summed E-state index contributed by atoms with van der Waals surface area (Å²) < 4.78 is 0. The standard InChI is InChI=1S/C26H37N3O/c1-5-9-22(4)28-14-12-25(13-15-28)29(19-23-10-7-6-8-11-23)26(30)27-24-17-20(2)16-21(3)18-24/h6-8,10-11,16-18,22,25H,5,9,12-15,19H2,1-4H3,(H,27,30). The lowest BCUT2D eigenvalue weighted by molar-refractivity contribution is 0.0989. The molecular formula is C26H37N3O. The van der Waals surface area contributed by atoms with Crippen molar-refractivity contribution in [3.8, 4) is 0 Å². The second-order valence-corrected chi connectivity index (χ2v) is 8.82. The van der Waals surface area contributed by atoms with Gasteiger partial charge in [-0.2, -0.15) is 0 Å². The number of hydrogen-bond donors (Lipinski definition) is 1. The summed E-state index contributed by atoms with van der Waals surface area (Å²) in [5.74, 6) is 0. The maximum absolute atomic E-state index is 13.4. The van der Waals surface area contributed by atoms with Gasteiger partial charge in [0.25, 0.3) is 0 Å². The van der Waals surface area contributed by atoms with Gasteiger partial charge in [-0.15, -0.1) is 0 Å². The molecule has 0 radical (unpaired) electrons. The van der Waals surface area contributed by atoms with Crippen LogP contribution in [-0.2, 0) is 6.54 Å². The minimum atomic E-state index is 0.00362. The lowest BCUT2D eigenvalue weighted by Crippen LogP contribution is -2.50. The van der Waals surface area contributed by atoms with Gasteiger partial charge >= 0.3 is 6.03 Å². The number of rotatable bonds is 7. The average molecular weight is 408 g/mol. The fraction of sp³-hybridized carbons (Fsp3) is 0.500. The lowest BCUT2D eigenvalue weighted by Gasteiger charge is -2.40. The Balaban J connectivity index is 1.73. The van der Waals surface area contributed by atoms with Crippen molar-refractivity contribution in [1.82, 2.24) is 9.80 Å². The first-order valence-corrected chi connectivity index (χ1v) is 11.4. The molecule has 1 aliphatic rings. The summed E-state index contributed by atoms with van der Waals surface area (Å²) in [6.07, 6.45) is 4.52. The van der Waals surface area contributed by atoms with Crippen LogP contribution in [-0.4, -0.2) is 41.0 Å². The highest BCUT2D eigenvalue weighted by Gasteiger charge is 2.29. The summed E-state index contributed by atoms with van der Waals surface area (Å²) in [4.78, 5) is 18.0. The van der Waals surface area contributed by atoms with Crippen molar-refractivity contribution in [3.05, 3.63) is 65.2 Å². The van der Waals surface area contributed by atoms with Gasteiger partial charge in [0.2, 0.25) is 0 Å². The van der Waals surface area contributed by atoms with Crippen LogP contribution in [0.15, 0.2) is 48.5 Å². The second-order valence-electron chi connectivity index (χ2n) is 8.82. The molecule has 1 N–H and O–H groups in total. The van der Waals surface area contributed by atoms with Crippen LogP contribution in [0.25, 0.3) is 0 Å². The molecule has 2 aromatic rings. The van der Waals surface area contributed by atoms with E-state index >= 15 is 0 Å². The number of benzene rings is 2. The molecule has 3 rings (SSSR count). The monoisotopic (exact) mass is 407 g/mol. The summed E-state index contributed by atoms with van der Waals surface area (Å²) in [7, 11) is 0. The molecular weight excluding hydrogens is 370 g/mol. The van der Waals surface area contributed by atoms with E-state index in [1.165, 1.54) is 18.4 Å². The summed E-state index contributed by atoms with van der Waals surface area (Å²) >= 11 is 0. The second kappa shape index (κ2) is 10.6. The van der Waals surface area contributed by atoms with E-state index in [-0.39, 0.29) is 12.1 Å². The first-order chi connectivity index (χ1) is 14.5. The number of nitrogens with one attached hydrogen (secondary N) is 1. The van der Waals surface area contributed by atoms with E-state index in [9.17, 15) is 4.79 Å². The van der Waals surface area contributed by atoms with Gasteiger partial charge in [0.05, 0.1) is 0 Å². The molecule has 1 atom stereocenters. The number of likely N-dealkylation sites (tertiary alicyclic amines) is 1. The minimum Gasteiger partial charge on any atom is -0.317 e. The number of piperidine rings is 1. The molecule has 1 unspecified atom stereocenters. The van der Waals surface area contributed by atoms with E-state index in [2.05, 4.69) is 61.0 Å². The van der Waals surface area contributed by atoms with Crippen molar-refractivity contribution in [2.75, 3.05) is 18.4 Å². The zero-order chi connectivity index (χ0) is 21.5. The SMILES string of the molecule is CCCC(C)N1CCC(N(Cc2ccccc2)C(=O)Nc2cc(C)cc(C)c2)CC1. The van der Waals surface area contributed by atoms with Crippen molar-refractivity contribution in [1.29, 1.82) is 0 Å². The third-order valence-electron chi connectivity index (χ3n) is 6.20. The van der Waals surface area contributed by atoms with E-state index in [0.717, 1.165) is 42.7 Å². The molecule has 162 valence electrons. The number of hydrogen-bond acceptors (Lipinski definition) is 2. The van der Waals surface area contributed by atoms with Gasteiger partial charge in [0.15, 0.2) is 0 Å². The maximum Gasteiger partial charge on any atom is 0.322 e. The molecule has 4 heteroatoms. The van der Waals surface area contributed by atoms with Crippen LogP contribution in [0.3, 0.4) is 0 Å². The van der Waals surface area contributed by atoms with Gasteiger partial charge in [-0.25, -0.2) is 4.79 Å². The number of amides is 2. The van der Waals surface area contributed by atoms with Crippen LogP contribution in [0.2, 0.25) is 0 Å². The quantitative estimate of drug-likeness (QED) is 0.612. The first-order valence-electron chi connectivity index (χ1n) is 11.4. The Hall–Kier alpha value is -2.33. The van der Waals surface area contributed by atoms with Gasteiger partial charge in [-0.3, -0.25) is 0 Å². The Morgan fingerprint density at radius 3 is 2.33 bits per heavy atom. The van der Waals surface area contributed by atoms with Gasteiger partial charge < -0.3 is 15.1 Å². The van der Waals surface area contributed by atoms with Crippen LogP contribution in [0, 0.1) is 13.8 Å². The Kier molecular flexibility index (Phi) is 7.92. The zero-order valence-electron chi connectivity index (χ0n) is 19.0. The van der Waals surface area contributed by atoms with Crippen LogP contribution in [0.4, 0.5) is 10.5 Å². The molecule has 0 aromatic heterocycles. The number of anilines is 1. The maximum atomic E-state index is 13.4.